The van der Waals surface area contributed by atoms with Crippen LogP contribution in [0.4, 0.5) is 0 Å². The average Bonchev–Trinajstić information content (AvgIpc) is 2.33. The molecular weight excluding hydrogens is 356 g/mol. The Morgan fingerprint density at radius 1 is 1.00 bits per heavy atom. The molecule has 0 saturated carbocycles. The first-order valence-corrected chi connectivity index (χ1v) is 6.26. The lowest BCUT2D eigenvalue weighted by molar-refractivity contribution is 0.0596. The fourth-order valence-corrected chi connectivity index (χ4v) is 3.02. The lowest BCUT2D eigenvalue weighted by Gasteiger charge is -2.17. The van der Waals surface area contributed by atoms with Gasteiger partial charge in [0, 0.05) is 0 Å². The van der Waals surface area contributed by atoms with E-state index in [4.69, 9.17) is 14.2 Å². The van der Waals surface area contributed by atoms with Crippen LogP contribution in [-0.2, 0) is 4.74 Å². The smallest absolute Gasteiger partial charge is 0.342 e. The first-order valence-electron chi connectivity index (χ1n) is 4.67. The van der Waals surface area contributed by atoms with Crippen LogP contribution in [0.15, 0.2) is 8.95 Å². The fourth-order valence-electron chi connectivity index (χ4n) is 1.48. The number of ether oxygens (including phenoxy) is 3. The van der Waals surface area contributed by atoms with Crippen LogP contribution in [0, 0.1) is 6.92 Å². The third-order valence-electron chi connectivity index (χ3n) is 2.33. The van der Waals surface area contributed by atoms with Crippen LogP contribution in [0.1, 0.15) is 15.9 Å². The van der Waals surface area contributed by atoms with Crippen LogP contribution in [0.3, 0.4) is 0 Å². The van der Waals surface area contributed by atoms with E-state index < -0.39 is 5.97 Å². The van der Waals surface area contributed by atoms with Crippen molar-refractivity contribution in [2.24, 2.45) is 0 Å². The molecule has 0 unspecified atom stereocenters. The van der Waals surface area contributed by atoms with Crippen LogP contribution in [0.2, 0.25) is 0 Å². The second-order valence-electron chi connectivity index (χ2n) is 3.19. The zero-order chi connectivity index (χ0) is 13.2. The van der Waals surface area contributed by atoms with Crippen molar-refractivity contribution in [3.05, 3.63) is 20.1 Å². The van der Waals surface area contributed by atoms with Gasteiger partial charge in [-0.15, -0.1) is 0 Å². The first kappa shape index (κ1) is 14.3. The molecule has 94 valence electrons. The standard InChI is InChI=1S/C11H12Br2O4/c1-5-6(11(14)17-4)9(15-2)8(13)10(16-3)7(5)12/h1-4H3. The molecule has 6 heteroatoms. The highest BCUT2D eigenvalue weighted by molar-refractivity contribution is 9.11. The predicted octanol–water partition coefficient (Wildman–Crippen LogP) is 3.32. The second-order valence-corrected chi connectivity index (χ2v) is 4.77. The number of hydrogen-bond donors (Lipinski definition) is 0. The Morgan fingerprint density at radius 3 is 1.94 bits per heavy atom. The summed E-state index contributed by atoms with van der Waals surface area (Å²) >= 11 is 6.73. The minimum atomic E-state index is -0.455. The number of halogens is 2. The third-order valence-corrected chi connectivity index (χ3v) is 4.00. The second kappa shape index (κ2) is 5.73. The molecule has 0 aliphatic carbocycles. The molecule has 1 aromatic rings. The third kappa shape index (κ3) is 2.42. The molecule has 0 saturated heterocycles. The van der Waals surface area contributed by atoms with E-state index in [0.29, 0.717) is 31.6 Å². The summed E-state index contributed by atoms with van der Waals surface area (Å²) in [6.45, 7) is 1.79. The number of esters is 1. The van der Waals surface area contributed by atoms with Gasteiger partial charge >= 0.3 is 5.97 Å². The summed E-state index contributed by atoms with van der Waals surface area (Å²) in [4.78, 5) is 11.7. The average molecular weight is 368 g/mol. The minimum Gasteiger partial charge on any atom is -0.495 e. The fraction of sp³-hybridized carbons (Fsp3) is 0.364. The molecule has 0 atom stereocenters. The van der Waals surface area contributed by atoms with E-state index in [-0.39, 0.29) is 0 Å². The van der Waals surface area contributed by atoms with Gasteiger partial charge in [0.15, 0.2) is 11.5 Å². The van der Waals surface area contributed by atoms with Crippen LogP contribution in [0.25, 0.3) is 0 Å². The number of hydrogen-bond acceptors (Lipinski definition) is 4. The highest BCUT2D eigenvalue weighted by Crippen LogP contribution is 2.45. The van der Waals surface area contributed by atoms with Gasteiger partial charge in [-0.05, 0) is 44.3 Å². The Hall–Kier alpha value is -0.750. The van der Waals surface area contributed by atoms with E-state index in [2.05, 4.69) is 31.9 Å². The monoisotopic (exact) mass is 366 g/mol. The van der Waals surface area contributed by atoms with E-state index in [1.165, 1.54) is 14.2 Å². The van der Waals surface area contributed by atoms with Gasteiger partial charge in [-0.1, -0.05) is 0 Å². The highest BCUT2D eigenvalue weighted by atomic mass is 79.9. The topological polar surface area (TPSA) is 44.8 Å². The Labute approximate surface area is 116 Å². The molecular formula is C11H12Br2O4. The Kier molecular flexibility index (Phi) is 4.82. The summed E-state index contributed by atoms with van der Waals surface area (Å²) in [7, 11) is 4.36. The molecule has 0 heterocycles. The van der Waals surface area contributed by atoms with Gasteiger partial charge in [-0.3, -0.25) is 0 Å². The summed E-state index contributed by atoms with van der Waals surface area (Å²) in [5.74, 6) is 0.518. The van der Waals surface area contributed by atoms with Crippen molar-refractivity contribution in [2.45, 2.75) is 6.92 Å². The van der Waals surface area contributed by atoms with Crippen molar-refractivity contribution >= 4 is 37.8 Å². The summed E-state index contributed by atoms with van der Waals surface area (Å²) < 4.78 is 16.5. The molecule has 1 rings (SSSR count). The van der Waals surface area contributed by atoms with E-state index in [1.807, 2.05) is 0 Å². The van der Waals surface area contributed by atoms with Gasteiger partial charge in [0.1, 0.15) is 10.0 Å². The number of benzene rings is 1. The number of methoxy groups -OCH3 is 3. The van der Waals surface area contributed by atoms with Crippen molar-refractivity contribution in [1.29, 1.82) is 0 Å². The number of rotatable bonds is 3. The van der Waals surface area contributed by atoms with E-state index in [1.54, 1.807) is 14.0 Å². The normalized spacial score (nSPS) is 10.0. The predicted molar refractivity (Wildman–Crippen MR) is 71.0 cm³/mol. The molecule has 4 nitrogen and oxygen atoms in total. The zero-order valence-electron chi connectivity index (χ0n) is 9.89. The van der Waals surface area contributed by atoms with Crippen molar-refractivity contribution in [2.75, 3.05) is 21.3 Å². The molecule has 1 aromatic carbocycles. The molecule has 0 amide bonds. The Balaban J connectivity index is 3.65. The minimum absolute atomic E-state index is 0.370. The van der Waals surface area contributed by atoms with Crippen LogP contribution < -0.4 is 9.47 Å². The van der Waals surface area contributed by atoms with Crippen molar-refractivity contribution in [1.82, 2.24) is 0 Å². The first-order chi connectivity index (χ1) is 7.99. The van der Waals surface area contributed by atoms with Gasteiger partial charge < -0.3 is 14.2 Å². The lowest BCUT2D eigenvalue weighted by Crippen LogP contribution is -2.08. The number of carbonyl (C=O) groups excluding carboxylic acids is 1. The lowest BCUT2D eigenvalue weighted by atomic mass is 10.1. The number of carbonyl (C=O) groups is 1. The molecule has 0 aromatic heterocycles. The summed E-state index contributed by atoms with van der Waals surface area (Å²) in [6, 6.07) is 0. The summed E-state index contributed by atoms with van der Waals surface area (Å²) in [6.07, 6.45) is 0. The van der Waals surface area contributed by atoms with Crippen LogP contribution >= 0.6 is 31.9 Å². The van der Waals surface area contributed by atoms with E-state index >= 15 is 0 Å². The molecule has 17 heavy (non-hydrogen) atoms. The summed E-state index contributed by atoms with van der Waals surface area (Å²) in [5.41, 5.74) is 1.07. The molecule has 0 spiro atoms. The van der Waals surface area contributed by atoms with Crippen LogP contribution in [-0.4, -0.2) is 27.3 Å². The van der Waals surface area contributed by atoms with Crippen molar-refractivity contribution < 1.29 is 19.0 Å². The Bertz CT molecular complexity index is 458. The molecule has 0 aliphatic heterocycles. The van der Waals surface area contributed by atoms with Gasteiger partial charge in [0.05, 0.1) is 25.8 Å². The largest absolute Gasteiger partial charge is 0.495 e. The van der Waals surface area contributed by atoms with E-state index in [0.717, 1.165) is 0 Å². The summed E-state index contributed by atoms with van der Waals surface area (Å²) in [5, 5.41) is 0. The highest BCUT2D eigenvalue weighted by Gasteiger charge is 2.25. The van der Waals surface area contributed by atoms with Crippen molar-refractivity contribution in [3.8, 4) is 11.5 Å². The maximum Gasteiger partial charge on any atom is 0.342 e. The molecule has 0 N–H and O–H groups in total. The molecule has 0 aliphatic rings. The van der Waals surface area contributed by atoms with E-state index in [9.17, 15) is 4.79 Å². The van der Waals surface area contributed by atoms with Gasteiger partial charge in [0.25, 0.3) is 0 Å². The quantitative estimate of drug-likeness (QED) is 0.768. The molecule has 0 radical (unpaired) electrons. The van der Waals surface area contributed by atoms with Crippen molar-refractivity contribution in [3.63, 3.8) is 0 Å². The Morgan fingerprint density at radius 2 is 1.53 bits per heavy atom. The zero-order valence-corrected chi connectivity index (χ0v) is 13.1. The molecule has 0 bridgehead atoms. The van der Waals surface area contributed by atoms with Gasteiger partial charge in [0.2, 0.25) is 0 Å². The van der Waals surface area contributed by atoms with Gasteiger partial charge in [-0.2, -0.15) is 0 Å². The van der Waals surface area contributed by atoms with Crippen LogP contribution in [0.5, 0.6) is 11.5 Å². The SMILES string of the molecule is COC(=O)c1c(C)c(Br)c(OC)c(Br)c1OC. The van der Waals surface area contributed by atoms with Gasteiger partial charge in [-0.25, -0.2) is 4.79 Å². The maximum atomic E-state index is 11.7. The molecule has 0 fully saturated rings. The maximum absolute atomic E-state index is 11.7.